The van der Waals surface area contributed by atoms with Crippen LogP contribution in [0.1, 0.15) is 6.92 Å². The molecule has 0 fully saturated rings. The Labute approximate surface area is 91.7 Å². The van der Waals surface area contributed by atoms with Crippen LogP contribution in [0.25, 0.3) is 0 Å². The van der Waals surface area contributed by atoms with Crippen molar-refractivity contribution in [2.45, 2.75) is 6.92 Å². The van der Waals surface area contributed by atoms with E-state index in [1.807, 2.05) is 19.1 Å². The standard InChI is InChI=1S/C13H17NO/c1-10(2)7-8-11(3)12(4)9-14-13(5)15-6/h7-9H,1,3-5H2,2,6H3/b8-7-,14-9-. The molecule has 0 N–H and O–H groups in total. The van der Waals surface area contributed by atoms with Gasteiger partial charge >= 0.3 is 0 Å². The third kappa shape index (κ3) is 6.27. The van der Waals surface area contributed by atoms with Crippen molar-refractivity contribution in [3.8, 4) is 0 Å². The van der Waals surface area contributed by atoms with Crippen molar-refractivity contribution >= 4 is 6.21 Å². The lowest BCUT2D eigenvalue weighted by Crippen LogP contribution is -1.87. The van der Waals surface area contributed by atoms with Crippen molar-refractivity contribution in [3.63, 3.8) is 0 Å². The molecule has 0 saturated heterocycles. The topological polar surface area (TPSA) is 21.6 Å². The van der Waals surface area contributed by atoms with Gasteiger partial charge < -0.3 is 4.74 Å². The van der Waals surface area contributed by atoms with Gasteiger partial charge in [-0.3, -0.25) is 0 Å². The first-order chi connectivity index (χ1) is 6.97. The smallest absolute Gasteiger partial charge is 0.205 e. The van der Waals surface area contributed by atoms with Crippen LogP contribution in [0.15, 0.2) is 66.1 Å². The summed E-state index contributed by atoms with van der Waals surface area (Å²) in [6.45, 7) is 16.9. The Hall–Kier alpha value is -1.83. The lowest BCUT2D eigenvalue weighted by atomic mass is 10.1. The molecule has 15 heavy (non-hydrogen) atoms. The zero-order valence-electron chi connectivity index (χ0n) is 9.42. The molecule has 0 amide bonds. The third-order valence-corrected chi connectivity index (χ3v) is 1.58. The fourth-order valence-electron chi connectivity index (χ4n) is 0.635. The van der Waals surface area contributed by atoms with Crippen LogP contribution >= 0.6 is 0 Å². The van der Waals surface area contributed by atoms with E-state index in [0.717, 1.165) is 11.1 Å². The molecule has 0 heterocycles. The number of hydrogen-bond donors (Lipinski definition) is 0. The number of hydrogen-bond acceptors (Lipinski definition) is 2. The highest BCUT2D eigenvalue weighted by atomic mass is 16.5. The van der Waals surface area contributed by atoms with Gasteiger partial charge in [0.15, 0.2) is 0 Å². The molecule has 0 rings (SSSR count). The Morgan fingerprint density at radius 2 is 1.67 bits per heavy atom. The summed E-state index contributed by atoms with van der Waals surface area (Å²) in [5, 5.41) is 0. The normalized spacial score (nSPS) is 10.5. The average molecular weight is 203 g/mol. The minimum atomic E-state index is 0.341. The molecule has 0 bridgehead atoms. The summed E-state index contributed by atoms with van der Waals surface area (Å²) in [5.74, 6) is 0.341. The highest BCUT2D eigenvalue weighted by Gasteiger charge is 1.92. The van der Waals surface area contributed by atoms with Gasteiger partial charge in [0.1, 0.15) is 0 Å². The Morgan fingerprint density at radius 3 is 2.13 bits per heavy atom. The Balaban J connectivity index is 4.35. The van der Waals surface area contributed by atoms with Crippen molar-refractivity contribution in [1.29, 1.82) is 0 Å². The first-order valence-electron chi connectivity index (χ1n) is 4.46. The quantitative estimate of drug-likeness (QED) is 0.368. The first kappa shape index (κ1) is 13.2. The van der Waals surface area contributed by atoms with Crippen molar-refractivity contribution < 1.29 is 4.74 Å². The zero-order valence-corrected chi connectivity index (χ0v) is 9.42. The van der Waals surface area contributed by atoms with Gasteiger partial charge in [-0.05, 0) is 24.6 Å². The summed E-state index contributed by atoms with van der Waals surface area (Å²) in [6.07, 6.45) is 5.27. The van der Waals surface area contributed by atoms with Crippen molar-refractivity contribution in [1.82, 2.24) is 0 Å². The largest absolute Gasteiger partial charge is 0.481 e. The Bertz CT molecular complexity index is 346. The summed E-state index contributed by atoms with van der Waals surface area (Å²) in [7, 11) is 1.51. The van der Waals surface area contributed by atoms with Gasteiger partial charge in [0.25, 0.3) is 0 Å². The summed E-state index contributed by atoms with van der Waals surface area (Å²) in [6, 6.07) is 0. The van der Waals surface area contributed by atoms with E-state index in [2.05, 4.69) is 31.3 Å². The van der Waals surface area contributed by atoms with Crippen LogP contribution in [-0.2, 0) is 4.74 Å². The van der Waals surface area contributed by atoms with Gasteiger partial charge in [-0.25, -0.2) is 4.99 Å². The molecule has 0 aliphatic heterocycles. The number of allylic oxidation sites excluding steroid dienone is 5. The van der Waals surface area contributed by atoms with Crippen molar-refractivity contribution in [3.05, 3.63) is 61.1 Å². The van der Waals surface area contributed by atoms with Gasteiger partial charge in [-0.15, -0.1) is 0 Å². The monoisotopic (exact) mass is 203 g/mol. The van der Waals surface area contributed by atoms with Crippen LogP contribution in [0.3, 0.4) is 0 Å². The molecular formula is C13H17NO. The number of rotatable bonds is 6. The second-order valence-electron chi connectivity index (χ2n) is 3.09. The molecular weight excluding hydrogens is 186 g/mol. The molecule has 2 nitrogen and oxygen atoms in total. The second-order valence-corrected chi connectivity index (χ2v) is 3.09. The van der Waals surface area contributed by atoms with Gasteiger partial charge in [0.05, 0.1) is 7.11 Å². The van der Waals surface area contributed by atoms with Crippen LogP contribution < -0.4 is 0 Å². The minimum absolute atomic E-state index is 0.341. The van der Waals surface area contributed by atoms with E-state index in [4.69, 9.17) is 4.74 Å². The molecule has 0 aliphatic carbocycles. The molecule has 0 radical (unpaired) electrons. The fraction of sp³-hybridized carbons (Fsp3) is 0.154. The van der Waals surface area contributed by atoms with E-state index in [-0.39, 0.29) is 0 Å². The van der Waals surface area contributed by atoms with Crippen LogP contribution in [0.2, 0.25) is 0 Å². The van der Waals surface area contributed by atoms with E-state index < -0.39 is 0 Å². The number of ether oxygens (including phenoxy) is 1. The van der Waals surface area contributed by atoms with Crippen LogP contribution in [0.4, 0.5) is 0 Å². The molecule has 0 saturated carbocycles. The number of aliphatic imine (C=N–C) groups is 1. The lowest BCUT2D eigenvalue weighted by molar-refractivity contribution is 0.291. The number of methoxy groups -OCH3 is 1. The predicted octanol–water partition coefficient (Wildman–Crippen LogP) is 3.42. The second kappa shape index (κ2) is 6.60. The summed E-state index contributed by atoms with van der Waals surface area (Å²) < 4.78 is 4.78. The SMILES string of the molecule is C=C(C)/C=C\C(=C)C(=C)/C=N\C(=C)OC. The van der Waals surface area contributed by atoms with Crippen LogP contribution in [0, 0.1) is 0 Å². The molecule has 2 heteroatoms. The lowest BCUT2D eigenvalue weighted by Gasteiger charge is -1.99. The van der Waals surface area contributed by atoms with E-state index in [1.54, 1.807) is 6.21 Å². The molecule has 0 atom stereocenters. The highest BCUT2D eigenvalue weighted by molar-refractivity contribution is 5.85. The van der Waals surface area contributed by atoms with Gasteiger partial charge in [0.2, 0.25) is 5.88 Å². The predicted molar refractivity (Wildman–Crippen MR) is 66.9 cm³/mol. The Morgan fingerprint density at radius 1 is 1.07 bits per heavy atom. The highest BCUT2D eigenvalue weighted by Crippen LogP contribution is 2.06. The van der Waals surface area contributed by atoms with Gasteiger partial charge in [-0.2, -0.15) is 0 Å². The van der Waals surface area contributed by atoms with E-state index in [0.29, 0.717) is 11.5 Å². The summed E-state index contributed by atoms with van der Waals surface area (Å²) in [4.78, 5) is 3.93. The van der Waals surface area contributed by atoms with Gasteiger partial charge in [0, 0.05) is 6.21 Å². The van der Waals surface area contributed by atoms with E-state index >= 15 is 0 Å². The molecule has 0 aromatic heterocycles. The maximum atomic E-state index is 4.78. The summed E-state index contributed by atoms with van der Waals surface area (Å²) >= 11 is 0. The minimum Gasteiger partial charge on any atom is -0.481 e. The Kier molecular flexibility index (Phi) is 5.79. The first-order valence-corrected chi connectivity index (χ1v) is 4.46. The summed E-state index contributed by atoms with van der Waals surface area (Å²) in [5.41, 5.74) is 2.46. The third-order valence-electron chi connectivity index (χ3n) is 1.58. The molecule has 80 valence electrons. The average Bonchev–Trinajstić information content (AvgIpc) is 2.21. The van der Waals surface area contributed by atoms with E-state index in [9.17, 15) is 0 Å². The maximum absolute atomic E-state index is 4.78. The van der Waals surface area contributed by atoms with Gasteiger partial charge in [-0.1, -0.05) is 37.5 Å². The fourth-order valence-corrected chi connectivity index (χ4v) is 0.635. The zero-order chi connectivity index (χ0) is 11.8. The number of nitrogens with zero attached hydrogens (tertiary/aromatic N) is 1. The molecule has 0 aliphatic rings. The van der Waals surface area contributed by atoms with Crippen molar-refractivity contribution in [2.75, 3.05) is 7.11 Å². The molecule has 0 spiro atoms. The molecule has 0 aromatic rings. The molecule has 0 aromatic carbocycles. The van der Waals surface area contributed by atoms with E-state index in [1.165, 1.54) is 7.11 Å². The van der Waals surface area contributed by atoms with Crippen molar-refractivity contribution in [2.24, 2.45) is 4.99 Å². The molecule has 0 unspecified atom stereocenters. The maximum Gasteiger partial charge on any atom is 0.205 e. The van der Waals surface area contributed by atoms with Crippen LogP contribution in [0.5, 0.6) is 0 Å². The van der Waals surface area contributed by atoms with Crippen LogP contribution in [-0.4, -0.2) is 13.3 Å².